The number of sulfonamides is 1. The summed E-state index contributed by atoms with van der Waals surface area (Å²) in [6.07, 6.45) is 0. The first-order chi connectivity index (χ1) is 8.97. The van der Waals surface area contributed by atoms with Crippen LogP contribution in [-0.2, 0) is 10.0 Å². The van der Waals surface area contributed by atoms with Crippen molar-refractivity contribution in [1.82, 2.24) is 0 Å². The van der Waals surface area contributed by atoms with Crippen LogP contribution in [0, 0.1) is 17.2 Å². The maximum atomic E-state index is 13.2. The summed E-state index contributed by atoms with van der Waals surface area (Å²) in [6, 6.07) is 4.19. The molecule has 4 nitrogen and oxygen atoms in total. The van der Waals surface area contributed by atoms with Crippen molar-refractivity contribution >= 4 is 26.0 Å². The van der Waals surface area contributed by atoms with E-state index in [1.165, 1.54) is 12.1 Å². The fourth-order valence-electron chi connectivity index (χ4n) is 1.64. The summed E-state index contributed by atoms with van der Waals surface area (Å²) in [4.78, 5) is 0. The van der Waals surface area contributed by atoms with E-state index in [2.05, 4.69) is 15.9 Å². The van der Waals surface area contributed by atoms with Gasteiger partial charge >= 0.3 is 0 Å². The van der Waals surface area contributed by atoms with E-state index in [0.717, 1.165) is 0 Å². The van der Waals surface area contributed by atoms with E-state index in [-0.39, 0.29) is 23.7 Å². The second-order valence-electron chi connectivity index (χ2n) is 5.81. The van der Waals surface area contributed by atoms with Gasteiger partial charge in [0.2, 0.25) is 10.0 Å². The Morgan fingerprint density at radius 2 is 1.95 bits per heavy atom. The zero-order valence-electron chi connectivity index (χ0n) is 11.7. The van der Waals surface area contributed by atoms with Crippen LogP contribution in [0.15, 0.2) is 22.7 Å². The van der Waals surface area contributed by atoms with E-state index in [1.54, 1.807) is 6.07 Å². The van der Waals surface area contributed by atoms with Gasteiger partial charge in [0.25, 0.3) is 0 Å². The van der Waals surface area contributed by atoms with Gasteiger partial charge in [-0.05, 0) is 17.5 Å². The molecule has 1 atom stereocenters. The van der Waals surface area contributed by atoms with Crippen LogP contribution < -0.4 is 9.88 Å². The standard InChI is InChI=1S/C13H19BrFNO3S/c1-13(2,3)9(8-20(16,17)18)7-19-12-5-10(14)4-11(15)6-12/h4-6,9H,7-8H2,1-3H3,(H2,16,17,18). The van der Waals surface area contributed by atoms with Gasteiger partial charge < -0.3 is 4.74 Å². The minimum atomic E-state index is -3.59. The average Bonchev–Trinajstić information content (AvgIpc) is 2.19. The molecule has 0 bridgehead atoms. The first kappa shape index (κ1) is 17.4. The van der Waals surface area contributed by atoms with Crippen molar-refractivity contribution in [2.45, 2.75) is 20.8 Å². The Labute approximate surface area is 127 Å². The summed E-state index contributed by atoms with van der Waals surface area (Å²) in [6.45, 7) is 5.88. The lowest BCUT2D eigenvalue weighted by Crippen LogP contribution is -2.35. The molecule has 0 heterocycles. The van der Waals surface area contributed by atoms with E-state index >= 15 is 0 Å². The summed E-state index contributed by atoms with van der Waals surface area (Å²) in [5.74, 6) is -0.541. The Balaban J connectivity index is 2.81. The zero-order valence-corrected chi connectivity index (χ0v) is 14.1. The van der Waals surface area contributed by atoms with Crippen molar-refractivity contribution in [2.24, 2.45) is 16.5 Å². The quantitative estimate of drug-likeness (QED) is 0.869. The summed E-state index contributed by atoms with van der Waals surface area (Å²) in [5.41, 5.74) is -0.295. The van der Waals surface area contributed by atoms with Crippen molar-refractivity contribution in [1.29, 1.82) is 0 Å². The third-order valence-electron chi connectivity index (χ3n) is 2.95. The number of benzene rings is 1. The monoisotopic (exact) mass is 367 g/mol. The summed E-state index contributed by atoms with van der Waals surface area (Å²) >= 11 is 3.17. The lowest BCUT2D eigenvalue weighted by atomic mass is 9.82. The number of nitrogens with two attached hydrogens (primary N) is 1. The molecule has 0 aliphatic carbocycles. The van der Waals surface area contributed by atoms with Crippen molar-refractivity contribution in [3.63, 3.8) is 0 Å². The molecular weight excluding hydrogens is 349 g/mol. The van der Waals surface area contributed by atoms with Crippen LogP contribution in [0.4, 0.5) is 4.39 Å². The molecule has 0 fully saturated rings. The van der Waals surface area contributed by atoms with Crippen molar-refractivity contribution < 1.29 is 17.5 Å². The molecule has 20 heavy (non-hydrogen) atoms. The van der Waals surface area contributed by atoms with Crippen molar-refractivity contribution in [3.05, 3.63) is 28.5 Å². The molecule has 0 saturated heterocycles. The fourth-order valence-corrected chi connectivity index (χ4v) is 3.24. The molecule has 0 aromatic heterocycles. The molecule has 0 radical (unpaired) electrons. The number of halogens is 2. The van der Waals surface area contributed by atoms with Crippen LogP contribution in [0.3, 0.4) is 0 Å². The predicted octanol–water partition coefficient (Wildman–Crippen LogP) is 2.92. The van der Waals surface area contributed by atoms with Crippen LogP contribution in [0.5, 0.6) is 5.75 Å². The third kappa shape index (κ3) is 6.19. The van der Waals surface area contributed by atoms with Gasteiger partial charge in [0, 0.05) is 16.5 Å². The molecule has 1 rings (SSSR count). The summed E-state index contributed by atoms with van der Waals surface area (Å²) in [7, 11) is -3.59. The highest BCUT2D eigenvalue weighted by Gasteiger charge is 2.29. The highest BCUT2D eigenvalue weighted by molar-refractivity contribution is 9.10. The number of hydrogen-bond donors (Lipinski definition) is 1. The maximum Gasteiger partial charge on any atom is 0.209 e. The highest BCUT2D eigenvalue weighted by atomic mass is 79.9. The molecule has 0 spiro atoms. The highest BCUT2D eigenvalue weighted by Crippen LogP contribution is 2.28. The average molecular weight is 368 g/mol. The van der Waals surface area contributed by atoms with Gasteiger partial charge in [-0.1, -0.05) is 36.7 Å². The first-order valence-electron chi connectivity index (χ1n) is 6.07. The Hall–Kier alpha value is -0.660. The Kier molecular flexibility index (Phi) is 5.57. The molecule has 1 unspecified atom stereocenters. The van der Waals surface area contributed by atoms with Crippen LogP contribution in [0.2, 0.25) is 0 Å². The molecule has 1 aromatic carbocycles. The maximum absolute atomic E-state index is 13.2. The van der Waals surface area contributed by atoms with E-state index in [4.69, 9.17) is 9.88 Å². The summed E-state index contributed by atoms with van der Waals surface area (Å²) in [5, 5.41) is 5.10. The first-order valence-corrected chi connectivity index (χ1v) is 8.57. The van der Waals surface area contributed by atoms with Crippen molar-refractivity contribution in [3.8, 4) is 5.75 Å². The molecule has 1 aromatic rings. The normalized spacial score (nSPS) is 14.1. The molecule has 0 aliphatic rings. The van der Waals surface area contributed by atoms with Crippen molar-refractivity contribution in [2.75, 3.05) is 12.4 Å². The molecule has 0 saturated carbocycles. The van der Waals surface area contributed by atoms with Gasteiger partial charge in [-0.2, -0.15) is 0 Å². The van der Waals surface area contributed by atoms with Gasteiger partial charge in [0.05, 0.1) is 12.4 Å². The minimum Gasteiger partial charge on any atom is -0.493 e. The number of hydrogen-bond acceptors (Lipinski definition) is 3. The van der Waals surface area contributed by atoms with E-state index in [0.29, 0.717) is 10.2 Å². The smallest absolute Gasteiger partial charge is 0.209 e. The molecule has 0 amide bonds. The Morgan fingerprint density at radius 3 is 2.40 bits per heavy atom. The number of primary sulfonamides is 1. The van der Waals surface area contributed by atoms with E-state index < -0.39 is 15.8 Å². The topological polar surface area (TPSA) is 69.4 Å². The lowest BCUT2D eigenvalue weighted by molar-refractivity contribution is 0.163. The second kappa shape index (κ2) is 6.41. The number of rotatable bonds is 5. The summed E-state index contributed by atoms with van der Waals surface area (Å²) < 4.78 is 41.8. The minimum absolute atomic E-state index is 0.149. The van der Waals surface area contributed by atoms with Gasteiger partial charge in [-0.15, -0.1) is 0 Å². The lowest BCUT2D eigenvalue weighted by Gasteiger charge is -2.29. The fraction of sp³-hybridized carbons (Fsp3) is 0.538. The van der Waals surface area contributed by atoms with Crippen LogP contribution in [0.25, 0.3) is 0 Å². The molecular formula is C13H19BrFNO3S. The molecule has 114 valence electrons. The van der Waals surface area contributed by atoms with Crippen LogP contribution in [0.1, 0.15) is 20.8 Å². The van der Waals surface area contributed by atoms with Gasteiger partial charge in [0.1, 0.15) is 11.6 Å². The molecule has 0 aliphatic heterocycles. The Bertz CT molecular complexity index is 549. The van der Waals surface area contributed by atoms with E-state index in [9.17, 15) is 12.8 Å². The third-order valence-corrected chi connectivity index (χ3v) is 4.27. The predicted molar refractivity (Wildman–Crippen MR) is 80.5 cm³/mol. The van der Waals surface area contributed by atoms with Gasteiger partial charge in [0.15, 0.2) is 0 Å². The zero-order chi connectivity index (χ0) is 15.6. The SMILES string of the molecule is CC(C)(C)C(COc1cc(F)cc(Br)c1)CS(N)(=O)=O. The van der Waals surface area contributed by atoms with Crippen LogP contribution in [-0.4, -0.2) is 20.8 Å². The second-order valence-corrected chi connectivity index (χ2v) is 8.38. The van der Waals surface area contributed by atoms with Crippen LogP contribution >= 0.6 is 15.9 Å². The molecule has 7 heteroatoms. The van der Waals surface area contributed by atoms with E-state index in [1.807, 2.05) is 20.8 Å². The Morgan fingerprint density at radius 1 is 1.35 bits per heavy atom. The largest absolute Gasteiger partial charge is 0.493 e. The van der Waals surface area contributed by atoms with Gasteiger partial charge in [-0.25, -0.2) is 17.9 Å². The van der Waals surface area contributed by atoms with Gasteiger partial charge in [-0.3, -0.25) is 0 Å². The molecule has 2 N–H and O–H groups in total. The number of ether oxygens (including phenoxy) is 1.